The van der Waals surface area contributed by atoms with Crippen molar-refractivity contribution >= 4 is 24.0 Å². The van der Waals surface area contributed by atoms with Crippen LogP contribution >= 0.6 is 0 Å². The average Bonchev–Trinajstić information content (AvgIpc) is 2.65. The van der Waals surface area contributed by atoms with E-state index in [2.05, 4.69) is 10.6 Å². The minimum atomic E-state index is -0.740. The molecular weight excluding hydrogens is 344 g/mol. The maximum Gasteiger partial charge on any atom is 0.411 e. The Morgan fingerprint density at radius 1 is 1.04 bits per heavy atom. The number of ether oxygens (including phenoxy) is 1. The second kappa shape index (κ2) is 8.98. The molecule has 2 aromatic carbocycles. The van der Waals surface area contributed by atoms with E-state index in [1.165, 1.54) is 0 Å². The van der Waals surface area contributed by atoms with Crippen LogP contribution in [0.2, 0.25) is 0 Å². The zero-order valence-corrected chi connectivity index (χ0v) is 15.7. The van der Waals surface area contributed by atoms with Gasteiger partial charge in [-0.2, -0.15) is 0 Å². The quantitative estimate of drug-likeness (QED) is 0.759. The van der Waals surface area contributed by atoms with Crippen LogP contribution in [0.1, 0.15) is 37.9 Å². The van der Waals surface area contributed by atoms with Crippen molar-refractivity contribution in [2.45, 2.75) is 33.4 Å². The molecule has 0 fully saturated rings. The van der Waals surface area contributed by atoms with E-state index in [1.807, 2.05) is 30.3 Å². The number of anilines is 1. The van der Waals surface area contributed by atoms with Crippen LogP contribution in [0, 0.1) is 5.41 Å². The highest BCUT2D eigenvalue weighted by Gasteiger charge is 2.24. The number of nitrogens with one attached hydrogen (secondary N) is 2. The van der Waals surface area contributed by atoms with Gasteiger partial charge in [0.25, 0.3) is 0 Å². The lowest BCUT2D eigenvalue weighted by Crippen LogP contribution is -2.38. The smallest absolute Gasteiger partial charge is 0.411 e. The normalized spacial score (nSPS) is 12.0. The van der Waals surface area contributed by atoms with Crippen LogP contribution in [0.5, 0.6) is 0 Å². The van der Waals surface area contributed by atoms with E-state index in [-0.39, 0.29) is 12.5 Å². The Morgan fingerprint density at radius 3 is 2.22 bits per heavy atom. The Bertz CT molecular complexity index is 780. The van der Waals surface area contributed by atoms with Gasteiger partial charge >= 0.3 is 6.09 Å². The van der Waals surface area contributed by atoms with E-state index in [9.17, 15) is 14.4 Å². The first-order chi connectivity index (χ1) is 12.8. The fraction of sp³-hybridized carbons (Fsp3) is 0.286. The highest BCUT2D eigenvalue weighted by atomic mass is 16.5. The summed E-state index contributed by atoms with van der Waals surface area (Å²) in [4.78, 5) is 35.3. The third-order valence-corrected chi connectivity index (χ3v) is 3.83. The third-order valence-electron chi connectivity index (χ3n) is 3.83. The van der Waals surface area contributed by atoms with Crippen molar-refractivity contribution < 1.29 is 19.1 Å². The van der Waals surface area contributed by atoms with Gasteiger partial charge in [-0.15, -0.1) is 0 Å². The summed E-state index contributed by atoms with van der Waals surface area (Å²) in [5, 5.41) is 5.33. The van der Waals surface area contributed by atoms with Crippen LogP contribution in [0.15, 0.2) is 54.6 Å². The topological polar surface area (TPSA) is 84.5 Å². The van der Waals surface area contributed by atoms with E-state index >= 15 is 0 Å². The molecule has 0 spiro atoms. The summed E-state index contributed by atoms with van der Waals surface area (Å²) in [5.74, 6) is -0.216. The maximum atomic E-state index is 12.1. The molecule has 0 heterocycles. The van der Waals surface area contributed by atoms with Crippen LogP contribution < -0.4 is 10.6 Å². The summed E-state index contributed by atoms with van der Waals surface area (Å²) in [6.07, 6.45) is 0.111. The Morgan fingerprint density at radius 2 is 1.67 bits per heavy atom. The van der Waals surface area contributed by atoms with E-state index in [0.717, 1.165) is 5.56 Å². The van der Waals surface area contributed by atoms with Gasteiger partial charge in [0.05, 0.1) is 0 Å². The minimum Gasteiger partial charge on any atom is -0.444 e. The molecule has 1 unspecified atom stereocenters. The van der Waals surface area contributed by atoms with Gasteiger partial charge in [-0.25, -0.2) is 4.79 Å². The van der Waals surface area contributed by atoms with Gasteiger partial charge in [-0.3, -0.25) is 10.1 Å². The van der Waals surface area contributed by atoms with Gasteiger partial charge in [-0.05, 0) is 23.3 Å². The fourth-order valence-electron chi connectivity index (χ4n) is 2.20. The summed E-state index contributed by atoms with van der Waals surface area (Å²) in [5.41, 5.74) is 1.46. The molecule has 2 aromatic rings. The number of hydrogen-bond donors (Lipinski definition) is 2. The lowest BCUT2D eigenvalue weighted by molar-refractivity contribution is -0.130. The number of amides is 2. The lowest BCUT2D eigenvalue weighted by atomic mass is 9.94. The number of benzene rings is 2. The van der Waals surface area contributed by atoms with E-state index in [0.29, 0.717) is 17.5 Å². The molecule has 0 saturated carbocycles. The molecule has 6 nitrogen and oxygen atoms in total. The van der Waals surface area contributed by atoms with Crippen molar-refractivity contribution in [3.63, 3.8) is 0 Å². The van der Waals surface area contributed by atoms with Gasteiger partial charge in [0.1, 0.15) is 18.9 Å². The Balaban J connectivity index is 1.92. The Hall–Kier alpha value is -3.15. The summed E-state index contributed by atoms with van der Waals surface area (Å²) in [6.45, 7) is 5.51. The molecule has 0 bridgehead atoms. The number of carbonyl (C=O) groups is 3. The molecule has 0 saturated heterocycles. The molecule has 0 aromatic heterocycles. The summed E-state index contributed by atoms with van der Waals surface area (Å²) >= 11 is 0. The zero-order valence-electron chi connectivity index (χ0n) is 15.7. The van der Waals surface area contributed by atoms with Crippen molar-refractivity contribution in [1.29, 1.82) is 0 Å². The van der Waals surface area contributed by atoms with Gasteiger partial charge in [-0.1, -0.05) is 63.2 Å². The monoisotopic (exact) mass is 368 g/mol. The summed E-state index contributed by atoms with van der Waals surface area (Å²) < 4.78 is 5.16. The molecule has 6 heteroatoms. The predicted molar refractivity (Wildman–Crippen MR) is 103 cm³/mol. The van der Waals surface area contributed by atoms with Crippen LogP contribution in [0.25, 0.3) is 0 Å². The molecule has 0 radical (unpaired) electrons. The number of hydrogen-bond acceptors (Lipinski definition) is 4. The van der Waals surface area contributed by atoms with E-state index < -0.39 is 17.6 Å². The molecule has 2 N–H and O–H groups in total. The van der Waals surface area contributed by atoms with Crippen LogP contribution in [-0.2, 0) is 20.9 Å². The highest BCUT2D eigenvalue weighted by Crippen LogP contribution is 2.19. The summed E-state index contributed by atoms with van der Waals surface area (Å²) in [7, 11) is 0. The molecule has 0 aliphatic rings. The fourth-order valence-corrected chi connectivity index (χ4v) is 2.20. The highest BCUT2D eigenvalue weighted by molar-refractivity contribution is 5.85. The van der Waals surface area contributed by atoms with Crippen LogP contribution in [0.4, 0.5) is 10.5 Å². The lowest BCUT2D eigenvalue weighted by Gasteiger charge is -2.21. The SMILES string of the molecule is CC(C)(C)C(=O)NC(C=O)c1ccc(NC(=O)OCc2ccccc2)cc1. The first kappa shape index (κ1) is 20.2. The van der Waals surface area contributed by atoms with Crippen LogP contribution in [0.3, 0.4) is 0 Å². The Labute approximate surface area is 158 Å². The van der Waals surface area contributed by atoms with Gasteiger partial charge in [0.2, 0.25) is 5.91 Å². The third kappa shape index (κ3) is 6.26. The first-order valence-electron chi connectivity index (χ1n) is 8.63. The predicted octanol–water partition coefficient (Wildman–Crippen LogP) is 3.84. The van der Waals surface area contributed by atoms with Gasteiger partial charge in [0.15, 0.2) is 0 Å². The van der Waals surface area contributed by atoms with E-state index in [1.54, 1.807) is 45.0 Å². The van der Waals surface area contributed by atoms with Gasteiger partial charge < -0.3 is 14.8 Å². The molecule has 0 aliphatic carbocycles. The van der Waals surface area contributed by atoms with Crippen LogP contribution in [-0.4, -0.2) is 18.3 Å². The maximum absolute atomic E-state index is 12.1. The van der Waals surface area contributed by atoms with Crippen molar-refractivity contribution in [2.75, 3.05) is 5.32 Å². The second-order valence-electron chi connectivity index (χ2n) is 7.15. The van der Waals surface area contributed by atoms with Crippen molar-refractivity contribution in [2.24, 2.45) is 5.41 Å². The molecule has 0 aliphatic heterocycles. The summed E-state index contributed by atoms with van der Waals surface area (Å²) in [6, 6.07) is 15.3. The molecule has 142 valence electrons. The number of aldehydes is 1. The van der Waals surface area contributed by atoms with Crippen molar-refractivity contribution in [1.82, 2.24) is 5.32 Å². The molecule has 2 rings (SSSR count). The van der Waals surface area contributed by atoms with E-state index in [4.69, 9.17) is 4.74 Å². The number of rotatable bonds is 6. The minimum absolute atomic E-state index is 0.177. The molecule has 2 amide bonds. The second-order valence-corrected chi connectivity index (χ2v) is 7.15. The van der Waals surface area contributed by atoms with Gasteiger partial charge in [0, 0.05) is 11.1 Å². The molecule has 1 atom stereocenters. The standard InChI is InChI=1S/C21H24N2O4/c1-21(2,3)19(25)23-18(13-24)16-9-11-17(12-10-16)22-20(26)27-14-15-7-5-4-6-8-15/h4-13,18H,14H2,1-3H3,(H,22,26)(H,23,25). The average molecular weight is 368 g/mol. The zero-order chi connectivity index (χ0) is 19.9. The molecule has 27 heavy (non-hydrogen) atoms. The largest absolute Gasteiger partial charge is 0.444 e. The van der Waals surface area contributed by atoms with Crippen molar-refractivity contribution in [3.8, 4) is 0 Å². The first-order valence-corrected chi connectivity index (χ1v) is 8.63. The number of carbonyl (C=O) groups excluding carboxylic acids is 3. The van der Waals surface area contributed by atoms with Crippen molar-refractivity contribution in [3.05, 3.63) is 65.7 Å². The molecular formula is C21H24N2O4. The Kier molecular flexibility index (Phi) is 6.71.